The third-order valence-corrected chi connectivity index (χ3v) is 4.40. The first-order chi connectivity index (χ1) is 12.4. The molecule has 1 aromatic carbocycles. The Labute approximate surface area is 149 Å². The maximum absolute atomic E-state index is 12.7. The van der Waals surface area contributed by atoms with Crippen LogP contribution >= 0.6 is 0 Å². The van der Waals surface area contributed by atoms with Crippen molar-refractivity contribution < 1.29 is 22.7 Å². The summed E-state index contributed by atoms with van der Waals surface area (Å²) in [7, 11) is 0. The molecule has 2 heterocycles. The molecule has 2 aromatic rings. The van der Waals surface area contributed by atoms with E-state index in [1.165, 1.54) is 18.3 Å². The summed E-state index contributed by atoms with van der Waals surface area (Å²) in [5.41, 5.74) is 0.656. The van der Waals surface area contributed by atoms with E-state index in [9.17, 15) is 18.0 Å². The zero-order chi connectivity index (χ0) is 18.6. The molecule has 7 heteroatoms. The van der Waals surface area contributed by atoms with Crippen molar-refractivity contribution in [2.45, 2.75) is 19.0 Å². The van der Waals surface area contributed by atoms with Crippen LogP contribution in [0.5, 0.6) is 0 Å². The molecular formula is C19H19F3N2O2. The number of hydrogen-bond acceptors (Lipinski definition) is 3. The summed E-state index contributed by atoms with van der Waals surface area (Å²) in [6.07, 6.45) is 0.124. The Morgan fingerprint density at radius 2 is 2.00 bits per heavy atom. The molecule has 0 bridgehead atoms. The molecule has 1 amide bonds. The van der Waals surface area contributed by atoms with Crippen molar-refractivity contribution >= 4 is 5.91 Å². The molecule has 4 nitrogen and oxygen atoms in total. The van der Waals surface area contributed by atoms with Crippen LogP contribution in [-0.2, 0) is 17.3 Å². The summed E-state index contributed by atoms with van der Waals surface area (Å²) in [4.78, 5) is 18.2. The molecule has 26 heavy (non-hydrogen) atoms. The number of carbonyl (C=O) groups is 1. The smallest absolute Gasteiger partial charge is 0.361 e. The Morgan fingerprint density at radius 1 is 1.23 bits per heavy atom. The van der Waals surface area contributed by atoms with E-state index >= 15 is 0 Å². The van der Waals surface area contributed by atoms with Crippen LogP contribution in [-0.4, -0.2) is 35.7 Å². The zero-order valence-corrected chi connectivity index (χ0v) is 14.1. The highest BCUT2D eigenvalue weighted by molar-refractivity contribution is 5.93. The highest BCUT2D eigenvalue weighted by Gasteiger charge is 2.30. The predicted molar refractivity (Wildman–Crippen MR) is 89.3 cm³/mol. The zero-order valence-electron chi connectivity index (χ0n) is 14.1. The van der Waals surface area contributed by atoms with Crippen LogP contribution in [0.3, 0.4) is 0 Å². The number of halogens is 3. The fraction of sp³-hybridized carbons (Fsp3) is 0.368. The lowest BCUT2D eigenvalue weighted by molar-refractivity contribution is -0.137. The van der Waals surface area contributed by atoms with Gasteiger partial charge in [0.1, 0.15) is 6.73 Å². The van der Waals surface area contributed by atoms with Gasteiger partial charge in [0.05, 0.1) is 11.1 Å². The van der Waals surface area contributed by atoms with Gasteiger partial charge in [-0.1, -0.05) is 12.1 Å². The number of rotatable bonds is 3. The highest BCUT2D eigenvalue weighted by Crippen LogP contribution is 2.29. The van der Waals surface area contributed by atoms with E-state index in [0.717, 1.165) is 24.1 Å². The van der Waals surface area contributed by atoms with E-state index in [0.29, 0.717) is 25.1 Å². The Kier molecular flexibility index (Phi) is 5.56. The first kappa shape index (κ1) is 18.4. The van der Waals surface area contributed by atoms with Crippen LogP contribution in [0.1, 0.15) is 27.9 Å². The fourth-order valence-electron chi connectivity index (χ4n) is 3.02. The van der Waals surface area contributed by atoms with E-state index in [1.54, 1.807) is 23.2 Å². The van der Waals surface area contributed by atoms with Gasteiger partial charge >= 0.3 is 6.18 Å². The van der Waals surface area contributed by atoms with Crippen LogP contribution in [0.4, 0.5) is 13.2 Å². The van der Waals surface area contributed by atoms with Crippen molar-refractivity contribution in [1.29, 1.82) is 0 Å². The molecule has 1 aliphatic rings. The standard InChI is InChI=1S/C19H19F3N2O2/c20-19(21,22)17-5-3-14(4-6-17)10-15-7-9-26-13-24(12-15)18(25)16-2-1-8-23-11-16/h1-6,8,11,15H,7,9-10,12-13H2/t15-/m1/s1. The molecule has 0 radical (unpaired) electrons. The van der Waals surface area contributed by atoms with Crippen molar-refractivity contribution in [3.63, 3.8) is 0 Å². The fourth-order valence-corrected chi connectivity index (χ4v) is 3.02. The minimum Gasteiger partial charge on any atom is -0.361 e. The molecule has 0 spiro atoms. The lowest BCUT2D eigenvalue weighted by Crippen LogP contribution is -2.35. The molecule has 3 rings (SSSR count). The minimum absolute atomic E-state index is 0.120. The van der Waals surface area contributed by atoms with Crippen molar-refractivity contribution in [3.8, 4) is 0 Å². The molecule has 0 aliphatic carbocycles. The number of amides is 1. The number of alkyl halides is 3. The molecule has 0 saturated carbocycles. The van der Waals surface area contributed by atoms with Gasteiger partial charge in [-0.3, -0.25) is 9.78 Å². The third-order valence-electron chi connectivity index (χ3n) is 4.40. The highest BCUT2D eigenvalue weighted by atomic mass is 19.4. The number of carbonyl (C=O) groups excluding carboxylic acids is 1. The van der Waals surface area contributed by atoms with E-state index in [-0.39, 0.29) is 18.6 Å². The van der Waals surface area contributed by atoms with Crippen molar-refractivity contribution in [3.05, 3.63) is 65.5 Å². The average Bonchev–Trinajstić information content (AvgIpc) is 2.87. The number of ether oxygens (including phenoxy) is 1. The molecule has 0 N–H and O–H groups in total. The predicted octanol–water partition coefficient (Wildman–Crippen LogP) is 3.78. The van der Waals surface area contributed by atoms with Gasteiger partial charge in [0.25, 0.3) is 5.91 Å². The molecular weight excluding hydrogens is 345 g/mol. The molecule has 1 aromatic heterocycles. The number of pyridine rings is 1. The number of nitrogens with zero attached hydrogens (tertiary/aromatic N) is 2. The van der Waals surface area contributed by atoms with E-state index in [1.807, 2.05) is 0 Å². The Morgan fingerprint density at radius 3 is 2.65 bits per heavy atom. The lowest BCUT2D eigenvalue weighted by atomic mass is 9.95. The van der Waals surface area contributed by atoms with Gasteiger partial charge in [0, 0.05) is 25.5 Å². The van der Waals surface area contributed by atoms with Crippen LogP contribution < -0.4 is 0 Å². The average molecular weight is 364 g/mol. The number of benzene rings is 1. The first-order valence-corrected chi connectivity index (χ1v) is 8.36. The second-order valence-electron chi connectivity index (χ2n) is 6.36. The van der Waals surface area contributed by atoms with Crippen LogP contribution in [0.25, 0.3) is 0 Å². The van der Waals surface area contributed by atoms with Crippen LogP contribution in [0.2, 0.25) is 0 Å². The summed E-state index contributed by atoms with van der Waals surface area (Å²) in [5, 5.41) is 0. The lowest BCUT2D eigenvalue weighted by Gasteiger charge is -2.23. The van der Waals surface area contributed by atoms with Gasteiger partial charge in [-0.15, -0.1) is 0 Å². The monoisotopic (exact) mass is 364 g/mol. The number of hydrogen-bond donors (Lipinski definition) is 0. The Hall–Kier alpha value is -2.41. The normalized spacial score (nSPS) is 18.4. The summed E-state index contributed by atoms with van der Waals surface area (Å²) < 4.78 is 43.5. The van der Waals surface area contributed by atoms with Crippen LogP contribution in [0, 0.1) is 5.92 Å². The largest absolute Gasteiger partial charge is 0.416 e. The second-order valence-corrected chi connectivity index (χ2v) is 6.36. The Balaban J connectivity index is 1.67. The third kappa shape index (κ3) is 4.60. The van der Waals surface area contributed by atoms with Crippen molar-refractivity contribution in [2.75, 3.05) is 19.9 Å². The number of aromatic nitrogens is 1. The van der Waals surface area contributed by atoms with E-state index < -0.39 is 11.7 Å². The summed E-state index contributed by atoms with van der Waals surface area (Å²) in [6.45, 7) is 1.22. The van der Waals surface area contributed by atoms with Crippen molar-refractivity contribution in [1.82, 2.24) is 9.88 Å². The summed E-state index contributed by atoms with van der Waals surface area (Å²) >= 11 is 0. The second kappa shape index (κ2) is 7.86. The minimum atomic E-state index is -4.33. The van der Waals surface area contributed by atoms with Crippen molar-refractivity contribution in [2.24, 2.45) is 5.92 Å². The van der Waals surface area contributed by atoms with Gasteiger partial charge < -0.3 is 9.64 Å². The van der Waals surface area contributed by atoms with Gasteiger partial charge in [-0.25, -0.2) is 0 Å². The molecule has 1 saturated heterocycles. The van der Waals surface area contributed by atoms with Gasteiger partial charge in [-0.05, 0) is 48.6 Å². The summed E-state index contributed by atoms with van der Waals surface area (Å²) in [5.74, 6) is -0.0349. The molecule has 1 aliphatic heterocycles. The van der Waals surface area contributed by atoms with Gasteiger partial charge in [0.15, 0.2) is 0 Å². The van der Waals surface area contributed by atoms with E-state index in [4.69, 9.17) is 4.74 Å². The maximum atomic E-state index is 12.7. The van der Waals surface area contributed by atoms with E-state index in [2.05, 4.69) is 4.98 Å². The van der Waals surface area contributed by atoms with Gasteiger partial charge in [0.2, 0.25) is 0 Å². The van der Waals surface area contributed by atoms with Gasteiger partial charge in [-0.2, -0.15) is 13.2 Å². The summed E-state index contributed by atoms with van der Waals surface area (Å²) in [6, 6.07) is 8.60. The molecule has 138 valence electrons. The quantitative estimate of drug-likeness (QED) is 0.832. The SMILES string of the molecule is O=C(c1cccnc1)N1COCC[C@H](Cc2ccc(C(F)(F)F)cc2)C1. The maximum Gasteiger partial charge on any atom is 0.416 e. The Bertz CT molecular complexity index is 733. The molecule has 1 atom stereocenters. The van der Waals surface area contributed by atoms with Crippen LogP contribution in [0.15, 0.2) is 48.8 Å². The first-order valence-electron chi connectivity index (χ1n) is 8.36. The molecule has 1 fully saturated rings. The topological polar surface area (TPSA) is 42.4 Å². The molecule has 0 unspecified atom stereocenters.